The fraction of sp³-hybridized carbons (Fsp3) is 0.375. The Morgan fingerprint density at radius 3 is 2.00 bits per heavy atom. The number of halogens is 1. The van der Waals surface area contributed by atoms with E-state index < -0.39 is 15.4 Å². The lowest BCUT2D eigenvalue weighted by Gasteiger charge is -2.29. The van der Waals surface area contributed by atoms with Crippen molar-refractivity contribution >= 4 is 39.0 Å². The molecule has 0 N–H and O–H groups in total. The second-order valence-electron chi connectivity index (χ2n) is 8.85. The number of nitro groups is 2. The smallest absolute Gasteiger partial charge is 0.410 e. The van der Waals surface area contributed by atoms with Crippen molar-refractivity contribution in [2.75, 3.05) is 13.1 Å². The zero-order valence-corrected chi connectivity index (χ0v) is 21.4. The zero-order valence-electron chi connectivity index (χ0n) is 19.8. The Hall–Kier alpha value is -3.27. The maximum absolute atomic E-state index is 12.0. The van der Waals surface area contributed by atoms with Gasteiger partial charge in [0, 0.05) is 41.8 Å². The maximum Gasteiger partial charge on any atom is 0.410 e. The van der Waals surface area contributed by atoms with Gasteiger partial charge in [0.2, 0.25) is 0 Å². The third kappa shape index (κ3) is 7.65. The van der Waals surface area contributed by atoms with Crippen LogP contribution in [-0.4, -0.2) is 39.5 Å². The molecule has 10 heteroatoms. The third-order valence-corrected chi connectivity index (χ3v) is 5.87. The summed E-state index contributed by atoms with van der Waals surface area (Å²) in [6.45, 7) is 10.3. The van der Waals surface area contributed by atoms with E-state index in [9.17, 15) is 25.0 Å². The van der Waals surface area contributed by atoms with Gasteiger partial charge >= 0.3 is 6.09 Å². The number of rotatable bonds is 3. The molecule has 0 saturated heterocycles. The summed E-state index contributed by atoms with van der Waals surface area (Å²) in [5.74, 6) is 0. The molecule has 0 aromatic heterocycles. The van der Waals surface area contributed by atoms with Gasteiger partial charge in [-0.05, 0) is 75.4 Å². The van der Waals surface area contributed by atoms with E-state index in [1.807, 2.05) is 40.7 Å². The van der Waals surface area contributed by atoms with Crippen molar-refractivity contribution in [2.45, 2.75) is 46.6 Å². The molecule has 0 spiro atoms. The Kier molecular flexibility index (Phi) is 8.92. The van der Waals surface area contributed by atoms with Crippen LogP contribution in [-0.2, 0) is 4.74 Å². The van der Waals surface area contributed by atoms with Gasteiger partial charge < -0.3 is 9.64 Å². The number of nitrogens with zero attached hydrogens (tertiary/aromatic N) is 3. The van der Waals surface area contributed by atoms with E-state index >= 15 is 0 Å². The molecule has 0 unspecified atom stereocenters. The minimum absolute atomic E-state index is 0.0954. The largest absolute Gasteiger partial charge is 0.444 e. The van der Waals surface area contributed by atoms with Gasteiger partial charge in [0.15, 0.2) is 0 Å². The quantitative estimate of drug-likeness (QED) is 0.324. The van der Waals surface area contributed by atoms with Crippen LogP contribution in [0.5, 0.6) is 0 Å². The topological polar surface area (TPSA) is 116 Å². The van der Waals surface area contributed by atoms with Crippen LogP contribution < -0.4 is 0 Å². The van der Waals surface area contributed by atoms with Crippen LogP contribution in [0.2, 0.25) is 0 Å². The van der Waals surface area contributed by atoms with Gasteiger partial charge in [-0.15, -0.1) is 0 Å². The summed E-state index contributed by atoms with van der Waals surface area (Å²) in [5.41, 5.74) is 3.58. The average molecular weight is 534 g/mol. The number of carbonyl (C=O) groups is 1. The van der Waals surface area contributed by atoms with Gasteiger partial charge in [-0.3, -0.25) is 20.2 Å². The number of carbonyl (C=O) groups excluding carboxylic acids is 1. The molecule has 1 heterocycles. The van der Waals surface area contributed by atoms with E-state index in [0.717, 1.165) is 26.7 Å². The highest BCUT2D eigenvalue weighted by atomic mass is 79.9. The summed E-state index contributed by atoms with van der Waals surface area (Å²) in [7, 11) is 0. The number of amides is 1. The fourth-order valence-electron chi connectivity index (χ4n) is 3.27. The SMILES string of the molecule is Cc1cc([N+](=O)[O-])ccc1Br.Cc1cc([N+](=O)[O-])ccc1C1=CCN(C(=O)OC(C)(C)C)CC1. The molecule has 1 amide bonds. The van der Waals surface area contributed by atoms with E-state index in [2.05, 4.69) is 15.9 Å². The molecule has 3 rings (SSSR count). The molecule has 0 radical (unpaired) electrons. The van der Waals surface area contributed by atoms with E-state index in [-0.39, 0.29) is 17.5 Å². The molecule has 0 atom stereocenters. The fourth-order valence-corrected chi connectivity index (χ4v) is 3.52. The van der Waals surface area contributed by atoms with E-state index in [1.165, 1.54) is 18.2 Å². The van der Waals surface area contributed by atoms with Crippen molar-refractivity contribution in [3.8, 4) is 0 Å². The van der Waals surface area contributed by atoms with Gasteiger partial charge in [-0.25, -0.2) is 4.79 Å². The Labute approximate surface area is 206 Å². The van der Waals surface area contributed by atoms with Crippen LogP contribution in [0.1, 0.15) is 43.9 Å². The highest BCUT2D eigenvalue weighted by Gasteiger charge is 2.24. The van der Waals surface area contributed by atoms with E-state index in [4.69, 9.17) is 4.74 Å². The molecule has 2 aromatic rings. The van der Waals surface area contributed by atoms with Crippen LogP contribution in [0.25, 0.3) is 5.57 Å². The standard InChI is InChI=1S/C17H22N2O4.C7H6BrNO2/c1-12-11-14(19(21)22)5-6-15(12)13-7-9-18(10-8-13)16(20)23-17(2,3)4;1-5-4-6(9(10)11)2-3-7(5)8/h5-7,11H,8-10H2,1-4H3;2-4H,1H3. The van der Waals surface area contributed by atoms with Crippen molar-refractivity contribution in [3.05, 3.63) is 83.9 Å². The number of hydrogen-bond acceptors (Lipinski definition) is 6. The molecule has 0 aliphatic carbocycles. The summed E-state index contributed by atoms with van der Waals surface area (Å²) in [5, 5.41) is 21.1. The van der Waals surface area contributed by atoms with Crippen molar-refractivity contribution in [1.82, 2.24) is 4.90 Å². The van der Waals surface area contributed by atoms with Crippen molar-refractivity contribution in [3.63, 3.8) is 0 Å². The second-order valence-corrected chi connectivity index (χ2v) is 9.71. The van der Waals surface area contributed by atoms with E-state index in [0.29, 0.717) is 19.5 Å². The molecular weight excluding hydrogens is 506 g/mol. The third-order valence-electron chi connectivity index (χ3n) is 4.98. The number of non-ortho nitro benzene ring substituents is 2. The molecule has 0 saturated carbocycles. The molecule has 1 aliphatic heterocycles. The van der Waals surface area contributed by atoms with Crippen LogP contribution >= 0.6 is 15.9 Å². The Morgan fingerprint density at radius 1 is 1.00 bits per heavy atom. The predicted octanol–water partition coefficient (Wildman–Crippen LogP) is 6.59. The monoisotopic (exact) mass is 533 g/mol. The lowest BCUT2D eigenvalue weighted by molar-refractivity contribution is -0.385. The molecular formula is C24H28BrN3O6. The number of nitro benzene ring substituents is 2. The molecule has 34 heavy (non-hydrogen) atoms. The van der Waals surface area contributed by atoms with Gasteiger partial charge in [-0.2, -0.15) is 0 Å². The first-order valence-corrected chi connectivity index (χ1v) is 11.4. The predicted molar refractivity (Wildman–Crippen MR) is 134 cm³/mol. The highest BCUT2D eigenvalue weighted by molar-refractivity contribution is 9.10. The summed E-state index contributed by atoms with van der Waals surface area (Å²) in [6, 6.07) is 9.55. The minimum atomic E-state index is -0.504. The van der Waals surface area contributed by atoms with Crippen molar-refractivity contribution < 1.29 is 19.4 Å². The second kappa shape index (κ2) is 11.2. The Morgan fingerprint density at radius 2 is 1.56 bits per heavy atom. The van der Waals surface area contributed by atoms with Crippen LogP contribution in [0.15, 0.2) is 46.9 Å². The summed E-state index contributed by atoms with van der Waals surface area (Å²) in [4.78, 5) is 34.0. The van der Waals surface area contributed by atoms with Crippen LogP contribution in [0, 0.1) is 34.1 Å². The first-order chi connectivity index (χ1) is 15.8. The number of aryl methyl sites for hydroxylation is 2. The first-order valence-electron chi connectivity index (χ1n) is 10.6. The van der Waals surface area contributed by atoms with Gasteiger partial charge in [0.25, 0.3) is 11.4 Å². The van der Waals surface area contributed by atoms with Gasteiger partial charge in [-0.1, -0.05) is 22.0 Å². The number of hydrogen-bond donors (Lipinski definition) is 0. The lowest BCUT2D eigenvalue weighted by atomic mass is 9.95. The van der Waals surface area contributed by atoms with Crippen LogP contribution in [0.4, 0.5) is 16.2 Å². The lowest BCUT2D eigenvalue weighted by Crippen LogP contribution is -2.39. The number of benzene rings is 2. The zero-order chi connectivity index (χ0) is 25.6. The molecule has 9 nitrogen and oxygen atoms in total. The van der Waals surface area contributed by atoms with Crippen LogP contribution in [0.3, 0.4) is 0 Å². The Bertz CT molecular complexity index is 1120. The summed E-state index contributed by atoms with van der Waals surface area (Å²) >= 11 is 3.26. The first kappa shape index (κ1) is 27.0. The van der Waals surface area contributed by atoms with Gasteiger partial charge in [0.1, 0.15) is 5.60 Å². The summed E-state index contributed by atoms with van der Waals surface area (Å²) < 4.78 is 6.26. The van der Waals surface area contributed by atoms with E-state index in [1.54, 1.807) is 23.1 Å². The Balaban J connectivity index is 0.000000310. The minimum Gasteiger partial charge on any atom is -0.444 e. The maximum atomic E-state index is 12.0. The molecule has 1 aliphatic rings. The average Bonchev–Trinajstić information content (AvgIpc) is 2.75. The van der Waals surface area contributed by atoms with Gasteiger partial charge in [0.05, 0.1) is 9.85 Å². The molecule has 0 bridgehead atoms. The van der Waals surface area contributed by atoms with Crippen molar-refractivity contribution in [2.24, 2.45) is 0 Å². The molecule has 0 fully saturated rings. The molecule has 2 aromatic carbocycles. The highest BCUT2D eigenvalue weighted by Crippen LogP contribution is 2.28. The number of ether oxygens (including phenoxy) is 1. The molecule has 182 valence electrons. The summed E-state index contributed by atoms with van der Waals surface area (Å²) in [6.07, 6.45) is 2.38. The van der Waals surface area contributed by atoms with Crippen molar-refractivity contribution in [1.29, 1.82) is 0 Å². The normalized spacial score (nSPS) is 13.4.